The molecule has 2 fully saturated rings. The first-order chi connectivity index (χ1) is 8.57. The van der Waals surface area contributed by atoms with Crippen LogP contribution < -0.4 is 5.32 Å². The van der Waals surface area contributed by atoms with Crippen LogP contribution in [0.4, 0.5) is 0 Å². The number of carbonyl (C=O) groups excluding carboxylic acids is 1. The molecule has 2 rings (SSSR count). The molecule has 2 aliphatic rings. The lowest BCUT2D eigenvalue weighted by Gasteiger charge is -2.43. The van der Waals surface area contributed by atoms with E-state index in [0.29, 0.717) is 13.2 Å². The second kappa shape index (κ2) is 5.55. The van der Waals surface area contributed by atoms with Crippen LogP contribution in [0.2, 0.25) is 0 Å². The van der Waals surface area contributed by atoms with Gasteiger partial charge in [-0.05, 0) is 39.7 Å². The van der Waals surface area contributed by atoms with Crippen LogP contribution in [0.25, 0.3) is 0 Å². The Morgan fingerprint density at radius 2 is 2.33 bits per heavy atom. The van der Waals surface area contributed by atoms with Gasteiger partial charge in [0.25, 0.3) is 0 Å². The molecule has 2 saturated heterocycles. The summed E-state index contributed by atoms with van der Waals surface area (Å²) < 4.78 is 5.48. The molecule has 5 nitrogen and oxygen atoms in total. The van der Waals surface area contributed by atoms with Gasteiger partial charge in [-0.25, -0.2) is 0 Å². The molecular formula is C13H24N2O3. The summed E-state index contributed by atoms with van der Waals surface area (Å²) in [6, 6.07) is 0.0841. The molecule has 104 valence electrons. The third kappa shape index (κ3) is 2.68. The number of piperidine rings is 1. The fraction of sp³-hybridized carbons (Fsp3) is 0.923. The molecule has 0 aromatic rings. The molecule has 2 heterocycles. The third-order valence-corrected chi connectivity index (χ3v) is 4.06. The minimum absolute atomic E-state index is 0.0271. The summed E-state index contributed by atoms with van der Waals surface area (Å²) in [5.41, 5.74) is -0.441. The Kier molecular flexibility index (Phi) is 4.25. The second-order valence-electron chi connectivity index (χ2n) is 5.66. The highest BCUT2D eigenvalue weighted by molar-refractivity contribution is 5.86. The largest absolute Gasteiger partial charge is 0.394 e. The normalized spacial score (nSPS) is 37.6. The molecule has 0 saturated carbocycles. The van der Waals surface area contributed by atoms with Crippen LogP contribution in [0.3, 0.4) is 0 Å². The molecule has 18 heavy (non-hydrogen) atoms. The lowest BCUT2D eigenvalue weighted by molar-refractivity contribution is -0.153. The molecular weight excluding hydrogens is 232 g/mol. The van der Waals surface area contributed by atoms with E-state index >= 15 is 0 Å². The van der Waals surface area contributed by atoms with E-state index in [1.807, 2.05) is 18.7 Å². The molecule has 0 aromatic heterocycles. The van der Waals surface area contributed by atoms with Gasteiger partial charge in [0.2, 0.25) is 5.91 Å². The molecule has 3 atom stereocenters. The predicted molar refractivity (Wildman–Crippen MR) is 68.3 cm³/mol. The van der Waals surface area contributed by atoms with Gasteiger partial charge >= 0.3 is 0 Å². The van der Waals surface area contributed by atoms with Crippen molar-refractivity contribution >= 4 is 5.91 Å². The first-order valence-corrected chi connectivity index (χ1v) is 6.85. The summed E-state index contributed by atoms with van der Waals surface area (Å²) in [5.74, 6) is 0.149. The standard InChI is InChI=1S/C13H24N2O3/c1-10-9-18-11(8-16)7-15(10)12(17)13(2)5-3-4-6-14-13/h10-11,14,16H,3-9H2,1-2H3. The first kappa shape index (κ1) is 13.8. The maximum absolute atomic E-state index is 12.7. The van der Waals surface area contributed by atoms with Gasteiger partial charge in [0.15, 0.2) is 0 Å². The van der Waals surface area contributed by atoms with E-state index in [-0.39, 0.29) is 24.7 Å². The number of nitrogens with zero attached hydrogens (tertiary/aromatic N) is 1. The molecule has 5 heteroatoms. The average Bonchev–Trinajstić information content (AvgIpc) is 2.39. The maximum Gasteiger partial charge on any atom is 0.242 e. The van der Waals surface area contributed by atoms with E-state index in [2.05, 4.69) is 5.32 Å². The summed E-state index contributed by atoms with van der Waals surface area (Å²) in [6.07, 6.45) is 2.88. The van der Waals surface area contributed by atoms with Gasteiger partial charge in [0.05, 0.1) is 30.9 Å². The van der Waals surface area contributed by atoms with E-state index in [1.165, 1.54) is 0 Å². The number of morpholine rings is 1. The zero-order chi connectivity index (χ0) is 13.2. The zero-order valence-electron chi connectivity index (χ0n) is 11.3. The second-order valence-corrected chi connectivity index (χ2v) is 5.66. The Balaban J connectivity index is 2.06. The fourth-order valence-corrected chi connectivity index (χ4v) is 2.77. The van der Waals surface area contributed by atoms with Crippen LogP contribution in [0.15, 0.2) is 0 Å². The molecule has 0 aromatic carbocycles. The molecule has 2 aliphatic heterocycles. The van der Waals surface area contributed by atoms with Crippen molar-refractivity contribution in [2.45, 2.75) is 50.8 Å². The lowest BCUT2D eigenvalue weighted by atomic mass is 9.88. The summed E-state index contributed by atoms with van der Waals surface area (Å²) in [4.78, 5) is 14.5. The number of carbonyl (C=O) groups is 1. The SMILES string of the molecule is CC1COC(CO)CN1C(=O)C1(C)CCCCN1. The highest BCUT2D eigenvalue weighted by atomic mass is 16.5. The van der Waals surface area contributed by atoms with Crippen LogP contribution in [0.5, 0.6) is 0 Å². The van der Waals surface area contributed by atoms with Crippen LogP contribution >= 0.6 is 0 Å². The van der Waals surface area contributed by atoms with Crippen molar-refractivity contribution in [1.82, 2.24) is 10.2 Å². The highest BCUT2D eigenvalue weighted by Gasteiger charge is 2.41. The minimum atomic E-state index is -0.441. The van der Waals surface area contributed by atoms with E-state index < -0.39 is 5.54 Å². The van der Waals surface area contributed by atoms with Crippen molar-refractivity contribution < 1.29 is 14.6 Å². The summed E-state index contributed by atoms with van der Waals surface area (Å²) in [7, 11) is 0. The fourth-order valence-electron chi connectivity index (χ4n) is 2.77. The number of rotatable bonds is 2. The minimum Gasteiger partial charge on any atom is -0.394 e. The van der Waals surface area contributed by atoms with Gasteiger partial charge in [0, 0.05) is 6.54 Å². The number of hydrogen-bond acceptors (Lipinski definition) is 4. The van der Waals surface area contributed by atoms with Gasteiger partial charge in [-0.1, -0.05) is 0 Å². The number of aliphatic hydroxyl groups is 1. The van der Waals surface area contributed by atoms with Crippen molar-refractivity contribution in [3.8, 4) is 0 Å². The van der Waals surface area contributed by atoms with Gasteiger partial charge in [-0.15, -0.1) is 0 Å². The smallest absolute Gasteiger partial charge is 0.242 e. The summed E-state index contributed by atoms with van der Waals surface area (Å²) in [5, 5.41) is 12.5. The van der Waals surface area contributed by atoms with Crippen molar-refractivity contribution in [2.75, 3.05) is 26.3 Å². The van der Waals surface area contributed by atoms with Crippen molar-refractivity contribution in [3.63, 3.8) is 0 Å². The Bertz CT molecular complexity index is 303. The number of aliphatic hydroxyl groups excluding tert-OH is 1. The predicted octanol–water partition coefficient (Wildman–Crippen LogP) is 0.127. The molecule has 0 bridgehead atoms. The summed E-state index contributed by atoms with van der Waals surface area (Å²) in [6.45, 7) is 5.87. The monoisotopic (exact) mass is 256 g/mol. The molecule has 0 aliphatic carbocycles. The molecule has 1 amide bonds. The molecule has 2 N–H and O–H groups in total. The number of amides is 1. The topological polar surface area (TPSA) is 61.8 Å². The summed E-state index contributed by atoms with van der Waals surface area (Å²) >= 11 is 0. The van der Waals surface area contributed by atoms with E-state index in [0.717, 1.165) is 25.8 Å². The quantitative estimate of drug-likeness (QED) is 0.737. The zero-order valence-corrected chi connectivity index (χ0v) is 11.3. The Labute approximate surface area is 108 Å². The highest BCUT2D eigenvalue weighted by Crippen LogP contribution is 2.24. The van der Waals surface area contributed by atoms with Crippen LogP contribution in [0.1, 0.15) is 33.1 Å². The van der Waals surface area contributed by atoms with E-state index in [9.17, 15) is 9.90 Å². The molecule has 0 spiro atoms. The van der Waals surface area contributed by atoms with Crippen LogP contribution in [-0.2, 0) is 9.53 Å². The van der Waals surface area contributed by atoms with Crippen LogP contribution in [0, 0.1) is 0 Å². The average molecular weight is 256 g/mol. The number of nitrogens with one attached hydrogen (secondary N) is 1. The van der Waals surface area contributed by atoms with Gasteiger partial charge in [-0.2, -0.15) is 0 Å². The first-order valence-electron chi connectivity index (χ1n) is 6.85. The van der Waals surface area contributed by atoms with Gasteiger partial charge in [0.1, 0.15) is 0 Å². The van der Waals surface area contributed by atoms with E-state index in [1.54, 1.807) is 0 Å². The Morgan fingerprint density at radius 3 is 2.94 bits per heavy atom. The van der Waals surface area contributed by atoms with Gasteiger partial charge in [-0.3, -0.25) is 4.79 Å². The van der Waals surface area contributed by atoms with E-state index in [4.69, 9.17) is 4.74 Å². The number of ether oxygens (including phenoxy) is 1. The third-order valence-electron chi connectivity index (χ3n) is 4.06. The van der Waals surface area contributed by atoms with Crippen molar-refractivity contribution in [1.29, 1.82) is 0 Å². The molecule has 0 radical (unpaired) electrons. The maximum atomic E-state index is 12.7. The van der Waals surface area contributed by atoms with Gasteiger partial charge < -0.3 is 20.1 Å². The Morgan fingerprint density at radius 1 is 1.56 bits per heavy atom. The van der Waals surface area contributed by atoms with Crippen molar-refractivity contribution in [2.24, 2.45) is 0 Å². The van der Waals surface area contributed by atoms with Crippen LogP contribution in [-0.4, -0.2) is 59.9 Å². The Hall–Kier alpha value is -0.650. The van der Waals surface area contributed by atoms with Crippen molar-refractivity contribution in [3.05, 3.63) is 0 Å². The number of hydrogen-bond donors (Lipinski definition) is 2. The molecule has 3 unspecified atom stereocenters. The lowest BCUT2D eigenvalue weighted by Crippen LogP contribution is -2.63.